The van der Waals surface area contributed by atoms with Gasteiger partial charge in [0, 0.05) is 26.7 Å². The molecule has 1 saturated heterocycles. The molecular formula is C17H27N5O2. The number of imidazole rings is 1. The summed E-state index contributed by atoms with van der Waals surface area (Å²) in [5.74, 6) is 1.96. The van der Waals surface area contributed by atoms with Crippen LogP contribution in [0.4, 0.5) is 5.95 Å². The van der Waals surface area contributed by atoms with Crippen LogP contribution in [0.2, 0.25) is 0 Å². The minimum absolute atomic E-state index is 0.347. The first-order valence-corrected chi connectivity index (χ1v) is 8.83. The second-order valence-electron chi connectivity index (χ2n) is 7.43. The Morgan fingerprint density at radius 2 is 2.08 bits per heavy atom. The summed E-state index contributed by atoms with van der Waals surface area (Å²) in [5.41, 5.74) is 0.215. The molecule has 3 rings (SSSR count). The second kappa shape index (κ2) is 6.45. The number of aryl methyl sites for hydroxylation is 2. The normalized spacial score (nSPS) is 18.7. The largest absolute Gasteiger partial charge is 0.342 e. The summed E-state index contributed by atoms with van der Waals surface area (Å²) in [6.07, 6.45) is 3.32. The van der Waals surface area contributed by atoms with Crippen molar-refractivity contribution in [2.24, 2.45) is 18.9 Å². The Morgan fingerprint density at radius 1 is 1.33 bits per heavy atom. The summed E-state index contributed by atoms with van der Waals surface area (Å²) in [7, 11) is 1.66. The molecule has 132 valence electrons. The highest BCUT2D eigenvalue weighted by Crippen LogP contribution is 2.25. The molecule has 7 nitrogen and oxygen atoms in total. The summed E-state index contributed by atoms with van der Waals surface area (Å²) in [6.45, 7) is 9.20. The lowest BCUT2D eigenvalue weighted by Crippen LogP contribution is -2.36. The number of hydrogen-bond donors (Lipinski definition) is 1. The van der Waals surface area contributed by atoms with Crippen LogP contribution in [0, 0.1) is 11.8 Å². The van der Waals surface area contributed by atoms with Crippen LogP contribution in [0.1, 0.15) is 40.0 Å². The molecule has 0 saturated carbocycles. The summed E-state index contributed by atoms with van der Waals surface area (Å²) >= 11 is 0. The van der Waals surface area contributed by atoms with E-state index in [9.17, 15) is 9.59 Å². The third kappa shape index (κ3) is 2.99. The zero-order valence-corrected chi connectivity index (χ0v) is 15.0. The average molecular weight is 333 g/mol. The fraction of sp³-hybridized carbons (Fsp3) is 0.706. The molecule has 0 unspecified atom stereocenters. The Morgan fingerprint density at radius 3 is 2.75 bits per heavy atom. The van der Waals surface area contributed by atoms with Gasteiger partial charge in [-0.25, -0.2) is 4.79 Å². The first kappa shape index (κ1) is 16.8. The molecular weight excluding hydrogens is 306 g/mol. The standard InChI is InChI=1S/C17H27N5O2/c1-11(2)7-9-22-13-14(20(4)17(24)19-15(13)23)18-16(22)21-8-5-6-12(3)10-21/h11-12H,5-10H2,1-4H3,(H,19,23,24)/t12-/m0/s1. The second-order valence-corrected chi connectivity index (χ2v) is 7.43. The van der Waals surface area contributed by atoms with E-state index >= 15 is 0 Å². The fourth-order valence-corrected chi connectivity index (χ4v) is 3.43. The van der Waals surface area contributed by atoms with Gasteiger partial charge >= 0.3 is 5.69 Å². The smallest absolute Gasteiger partial charge is 0.329 e. The van der Waals surface area contributed by atoms with Gasteiger partial charge < -0.3 is 9.47 Å². The van der Waals surface area contributed by atoms with Gasteiger partial charge in [-0.05, 0) is 31.1 Å². The van der Waals surface area contributed by atoms with Gasteiger partial charge in [0.15, 0.2) is 11.2 Å². The van der Waals surface area contributed by atoms with Crippen molar-refractivity contribution in [3.8, 4) is 0 Å². The highest BCUT2D eigenvalue weighted by molar-refractivity contribution is 5.74. The highest BCUT2D eigenvalue weighted by atomic mass is 16.2. The van der Waals surface area contributed by atoms with Crippen molar-refractivity contribution in [3.63, 3.8) is 0 Å². The number of rotatable bonds is 4. The van der Waals surface area contributed by atoms with E-state index in [2.05, 4.69) is 30.7 Å². The number of H-pyrrole nitrogens is 1. The zero-order valence-electron chi connectivity index (χ0n) is 15.0. The fourth-order valence-electron chi connectivity index (χ4n) is 3.43. The predicted molar refractivity (Wildman–Crippen MR) is 95.7 cm³/mol. The van der Waals surface area contributed by atoms with Crippen LogP contribution >= 0.6 is 0 Å². The van der Waals surface area contributed by atoms with Crippen LogP contribution in [-0.4, -0.2) is 32.2 Å². The van der Waals surface area contributed by atoms with Crippen molar-refractivity contribution in [2.75, 3.05) is 18.0 Å². The van der Waals surface area contributed by atoms with E-state index in [1.165, 1.54) is 11.0 Å². The lowest BCUT2D eigenvalue weighted by molar-refractivity contribution is 0.434. The molecule has 0 aromatic carbocycles. The van der Waals surface area contributed by atoms with Gasteiger partial charge in [-0.2, -0.15) is 4.98 Å². The molecule has 1 aliphatic rings. The van der Waals surface area contributed by atoms with Gasteiger partial charge in [0.25, 0.3) is 5.56 Å². The van der Waals surface area contributed by atoms with Crippen LogP contribution in [-0.2, 0) is 13.6 Å². The number of aromatic nitrogens is 4. The molecule has 0 amide bonds. The van der Waals surface area contributed by atoms with Crippen LogP contribution < -0.4 is 16.1 Å². The molecule has 0 radical (unpaired) electrons. The van der Waals surface area contributed by atoms with E-state index in [0.29, 0.717) is 23.0 Å². The molecule has 0 spiro atoms. The van der Waals surface area contributed by atoms with E-state index < -0.39 is 5.69 Å². The molecule has 1 aliphatic heterocycles. The minimum atomic E-state index is -0.417. The van der Waals surface area contributed by atoms with Gasteiger partial charge in [0.1, 0.15) is 0 Å². The topological polar surface area (TPSA) is 75.9 Å². The van der Waals surface area contributed by atoms with E-state index in [0.717, 1.165) is 38.4 Å². The summed E-state index contributed by atoms with van der Waals surface area (Å²) < 4.78 is 3.44. The third-order valence-corrected chi connectivity index (χ3v) is 4.86. The van der Waals surface area contributed by atoms with Crippen molar-refractivity contribution < 1.29 is 0 Å². The van der Waals surface area contributed by atoms with Crippen molar-refractivity contribution in [1.82, 2.24) is 19.1 Å². The molecule has 24 heavy (non-hydrogen) atoms. The van der Waals surface area contributed by atoms with E-state index in [4.69, 9.17) is 4.98 Å². The Labute approximate surface area is 141 Å². The highest BCUT2D eigenvalue weighted by Gasteiger charge is 2.24. The van der Waals surface area contributed by atoms with Crippen LogP contribution in [0.25, 0.3) is 11.2 Å². The summed E-state index contributed by atoms with van der Waals surface area (Å²) in [6, 6.07) is 0. The van der Waals surface area contributed by atoms with Crippen molar-refractivity contribution in [1.29, 1.82) is 0 Å². The maximum Gasteiger partial charge on any atom is 0.329 e. The Kier molecular flexibility index (Phi) is 4.51. The average Bonchev–Trinajstić information content (AvgIpc) is 2.91. The lowest BCUT2D eigenvalue weighted by atomic mass is 10.0. The van der Waals surface area contributed by atoms with Crippen LogP contribution in [0.15, 0.2) is 9.59 Å². The Bertz CT molecular complexity index is 845. The lowest BCUT2D eigenvalue weighted by Gasteiger charge is -2.32. The predicted octanol–water partition coefficient (Wildman–Crippen LogP) is 1.71. The number of nitrogens with zero attached hydrogens (tertiary/aromatic N) is 4. The molecule has 3 heterocycles. The molecule has 2 aromatic rings. The molecule has 1 fully saturated rings. The molecule has 0 aliphatic carbocycles. The molecule has 0 bridgehead atoms. The number of hydrogen-bond acceptors (Lipinski definition) is 4. The first-order chi connectivity index (χ1) is 11.4. The maximum atomic E-state index is 12.4. The van der Waals surface area contributed by atoms with Crippen LogP contribution in [0.3, 0.4) is 0 Å². The summed E-state index contributed by atoms with van der Waals surface area (Å²) in [5, 5.41) is 0. The van der Waals surface area contributed by atoms with E-state index in [1.54, 1.807) is 7.05 Å². The first-order valence-electron chi connectivity index (χ1n) is 8.83. The van der Waals surface area contributed by atoms with Crippen molar-refractivity contribution in [2.45, 2.75) is 46.6 Å². The third-order valence-electron chi connectivity index (χ3n) is 4.86. The van der Waals surface area contributed by atoms with Crippen molar-refractivity contribution in [3.05, 3.63) is 20.8 Å². The number of nitrogens with one attached hydrogen (secondary N) is 1. The molecule has 2 aromatic heterocycles. The van der Waals surface area contributed by atoms with Crippen LogP contribution in [0.5, 0.6) is 0 Å². The van der Waals surface area contributed by atoms with Crippen molar-refractivity contribution >= 4 is 17.1 Å². The van der Waals surface area contributed by atoms with Gasteiger partial charge in [-0.1, -0.05) is 20.8 Å². The molecule has 7 heteroatoms. The summed E-state index contributed by atoms with van der Waals surface area (Å²) in [4.78, 5) is 33.7. The maximum absolute atomic E-state index is 12.4. The van der Waals surface area contributed by atoms with E-state index in [1.807, 2.05) is 4.57 Å². The van der Waals surface area contributed by atoms with Gasteiger partial charge in [-0.15, -0.1) is 0 Å². The molecule has 1 atom stereocenters. The minimum Gasteiger partial charge on any atom is -0.342 e. The number of aromatic amines is 1. The van der Waals surface area contributed by atoms with Gasteiger partial charge in [0.2, 0.25) is 5.95 Å². The number of fused-ring (bicyclic) bond motifs is 1. The quantitative estimate of drug-likeness (QED) is 0.924. The van der Waals surface area contributed by atoms with Gasteiger partial charge in [0.05, 0.1) is 0 Å². The molecule has 1 N–H and O–H groups in total. The SMILES string of the molecule is CC(C)CCn1c(N2CCC[C@H](C)C2)nc2c1c(=O)[nH]c(=O)n2C. The Hall–Kier alpha value is -2.05. The number of piperidine rings is 1. The Balaban J connectivity index is 2.17. The monoisotopic (exact) mass is 333 g/mol. The number of anilines is 1. The van der Waals surface area contributed by atoms with Gasteiger partial charge in [-0.3, -0.25) is 14.3 Å². The van der Waals surface area contributed by atoms with E-state index in [-0.39, 0.29) is 5.56 Å². The zero-order chi connectivity index (χ0) is 17.4.